The molecule has 21 heavy (non-hydrogen) atoms. The van der Waals surface area contributed by atoms with Crippen LogP contribution in [0.1, 0.15) is 16.3 Å². The molecule has 0 radical (unpaired) electrons. The van der Waals surface area contributed by atoms with Crippen LogP contribution in [0.5, 0.6) is 0 Å². The Kier molecular flexibility index (Phi) is 5.59. The lowest BCUT2D eigenvalue weighted by Crippen LogP contribution is -2.45. The highest BCUT2D eigenvalue weighted by molar-refractivity contribution is 5.84. The van der Waals surface area contributed by atoms with Gasteiger partial charge in [0.1, 0.15) is 12.3 Å². The Morgan fingerprint density at radius 3 is 2.48 bits per heavy atom. The first-order valence-electron chi connectivity index (χ1n) is 5.75. The number of urea groups is 1. The van der Waals surface area contributed by atoms with Crippen LogP contribution < -0.4 is 5.32 Å². The van der Waals surface area contributed by atoms with Gasteiger partial charge in [-0.25, -0.2) is 9.59 Å². The smallest absolute Gasteiger partial charge is 0.406 e. The Labute approximate surface area is 116 Å². The second kappa shape index (κ2) is 6.97. The molecule has 0 saturated carbocycles. The number of hydrogen-bond acceptors (Lipinski definition) is 4. The van der Waals surface area contributed by atoms with Crippen molar-refractivity contribution in [3.63, 3.8) is 0 Å². The number of nitrogens with one attached hydrogen (secondary N) is 1. The summed E-state index contributed by atoms with van der Waals surface area (Å²) >= 11 is 0. The average Bonchev–Trinajstić information content (AvgIpc) is 2.82. The summed E-state index contributed by atoms with van der Waals surface area (Å²) in [4.78, 5) is 22.5. The zero-order chi connectivity index (χ0) is 16.0. The molecule has 0 atom stereocenters. The molecule has 1 aromatic heterocycles. The number of aromatic carboxylic acids is 1. The Hall–Kier alpha value is -2.23. The van der Waals surface area contributed by atoms with Gasteiger partial charge in [0.25, 0.3) is 0 Å². The van der Waals surface area contributed by atoms with E-state index in [0.29, 0.717) is 4.90 Å². The largest absolute Gasteiger partial charge is 0.475 e. The molecule has 0 spiro atoms. The molecular weight excluding hydrogens is 297 g/mol. The fourth-order valence-electron chi connectivity index (χ4n) is 1.45. The van der Waals surface area contributed by atoms with Gasteiger partial charge in [-0.15, -0.1) is 0 Å². The summed E-state index contributed by atoms with van der Waals surface area (Å²) in [7, 11) is 0. The van der Waals surface area contributed by atoms with E-state index in [1.807, 2.05) is 0 Å². The van der Waals surface area contributed by atoms with Crippen LogP contribution in [0.3, 0.4) is 0 Å². The average molecular weight is 310 g/mol. The van der Waals surface area contributed by atoms with Crippen LogP contribution >= 0.6 is 0 Å². The van der Waals surface area contributed by atoms with Gasteiger partial charge >= 0.3 is 18.2 Å². The fraction of sp³-hybridized carbons (Fsp3) is 0.455. The van der Waals surface area contributed by atoms with Crippen LogP contribution in [0.2, 0.25) is 0 Å². The minimum atomic E-state index is -4.59. The summed E-state index contributed by atoms with van der Waals surface area (Å²) in [5.74, 6) is -1.56. The minimum Gasteiger partial charge on any atom is -0.475 e. The van der Waals surface area contributed by atoms with Crippen LogP contribution in [0.25, 0.3) is 0 Å². The Morgan fingerprint density at radius 2 is 2.00 bits per heavy atom. The van der Waals surface area contributed by atoms with Crippen molar-refractivity contribution in [2.75, 3.05) is 19.7 Å². The van der Waals surface area contributed by atoms with Crippen molar-refractivity contribution in [1.29, 1.82) is 0 Å². The first-order valence-corrected chi connectivity index (χ1v) is 5.75. The molecule has 0 aliphatic heterocycles. The number of carboxylic acid groups (broad SMARTS) is 1. The predicted molar refractivity (Wildman–Crippen MR) is 62.6 cm³/mol. The summed E-state index contributed by atoms with van der Waals surface area (Å²) in [6.07, 6.45) is -4.59. The highest BCUT2D eigenvalue weighted by atomic mass is 19.4. The van der Waals surface area contributed by atoms with Gasteiger partial charge in [0.2, 0.25) is 5.76 Å². The first-order chi connectivity index (χ1) is 9.73. The van der Waals surface area contributed by atoms with Crippen LogP contribution in [0, 0.1) is 0 Å². The SMILES string of the molecule is O=C(O)c1ccc(CNC(=O)N(CCO)CC(F)(F)F)o1. The number of alkyl halides is 3. The molecule has 7 nitrogen and oxygen atoms in total. The first kappa shape index (κ1) is 16.8. The maximum atomic E-state index is 12.3. The van der Waals surface area contributed by atoms with E-state index in [0.717, 1.165) is 6.07 Å². The van der Waals surface area contributed by atoms with Crippen LogP contribution in [-0.2, 0) is 6.54 Å². The Morgan fingerprint density at radius 1 is 1.33 bits per heavy atom. The summed E-state index contributed by atoms with van der Waals surface area (Å²) in [5, 5.41) is 19.4. The summed E-state index contributed by atoms with van der Waals surface area (Å²) in [6, 6.07) is 1.39. The van der Waals surface area contributed by atoms with Crippen LogP contribution in [0.4, 0.5) is 18.0 Å². The third-order valence-electron chi connectivity index (χ3n) is 2.31. The molecule has 0 aliphatic rings. The molecule has 2 amide bonds. The van der Waals surface area contributed by atoms with Crippen molar-refractivity contribution in [2.24, 2.45) is 0 Å². The lowest BCUT2D eigenvalue weighted by Gasteiger charge is -2.23. The maximum Gasteiger partial charge on any atom is 0.406 e. The number of furan rings is 1. The third-order valence-corrected chi connectivity index (χ3v) is 2.31. The second-order valence-electron chi connectivity index (χ2n) is 3.99. The van der Waals surface area contributed by atoms with Crippen LogP contribution in [0.15, 0.2) is 16.5 Å². The molecule has 118 valence electrons. The van der Waals surface area contributed by atoms with E-state index >= 15 is 0 Å². The molecule has 10 heteroatoms. The topological polar surface area (TPSA) is 103 Å². The van der Waals surface area contributed by atoms with E-state index in [1.54, 1.807) is 0 Å². The number of halogens is 3. The van der Waals surface area contributed by atoms with Crippen molar-refractivity contribution >= 4 is 12.0 Å². The van der Waals surface area contributed by atoms with Crippen molar-refractivity contribution in [3.8, 4) is 0 Å². The number of rotatable bonds is 6. The fourth-order valence-corrected chi connectivity index (χ4v) is 1.45. The van der Waals surface area contributed by atoms with Crippen molar-refractivity contribution in [3.05, 3.63) is 23.7 Å². The normalized spacial score (nSPS) is 11.2. The molecule has 0 fully saturated rings. The summed E-state index contributed by atoms with van der Waals surface area (Å²) < 4.78 is 41.6. The molecule has 0 aromatic carbocycles. The third kappa shape index (κ3) is 5.73. The van der Waals surface area contributed by atoms with Gasteiger partial charge in [0, 0.05) is 6.54 Å². The number of amides is 2. The van der Waals surface area contributed by atoms with Gasteiger partial charge in [0.05, 0.1) is 13.2 Å². The van der Waals surface area contributed by atoms with Gasteiger partial charge in [-0.05, 0) is 12.1 Å². The van der Waals surface area contributed by atoms with Crippen molar-refractivity contribution in [2.45, 2.75) is 12.7 Å². The lowest BCUT2D eigenvalue weighted by atomic mass is 10.4. The molecule has 3 N–H and O–H groups in total. The number of nitrogens with zero attached hydrogens (tertiary/aromatic N) is 1. The second-order valence-corrected chi connectivity index (χ2v) is 3.99. The standard InChI is InChI=1S/C11H13F3N2O5/c12-11(13,14)6-16(3-4-17)10(20)15-5-7-1-2-8(21-7)9(18)19/h1-2,17H,3-6H2,(H,15,20)(H,18,19). The molecule has 0 aliphatic carbocycles. The number of aliphatic hydroxyl groups is 1. The minimum absolute atomic E-state index is 0.0803. The van der Waals surface area contributed by atoms with Crippen LogP contribution in [-0.4, -0.2) is 53.0 Å². The number of carbonyl (C=O) groups is 2. The maximum absolute atomic E-state index is 12.3. The monoisotopic (exact) mass is 310 g/mol. The van der Waals surface area contributed by atoms with Gasteiger partial charge < -0.3 is 24.8 Å². The summed E-state index contributed by atoms with van der Waals surface area (Å²) in [6.45, 7) is -2.87. The summed E-state index contributed by atoms with van der Waals surface area (Å²) in [5.41, 5.74) is 0. The highest BCUT2D eigenvalue weighted by Gasteiger charge is 2.32. The number of hydrogen-bond donors (Lipinski definition) is 3. The molecule has 0 bridgehead atoms. The molecule has 1 aromatic rings. The predicted octanol–water partition coefficient (Wildman–Crippen LogP) is 1.04. The van der Waals surface area contributed by atoms with E-state index in [2.05, 4.69) is 5.32 Å². The van der Waals surface area contributed by atoms with E-state index in [4.69, 9.17) is 14.6 Å². The van der Waals surface area contributed by atoms with Gasteiger partial charge in [-0.3, -0.25) is 0 Å². The molecule has 0 unspecified atom stereocenters. The Bertz CT molecular complexity index is 500. The van der Waals surface area contributed by atoms with E-state index in [1.165, 1.54) is 6.07 Å². The van der Waals surface area contributed by atoms with Gasteiger partial charge in [-0.1, -0.05) is 0 Å². The molecular formula is C11H13F3N2O5. The van der Waals surface area contributed by atoms with E-state index in [9.17, 15) is 22.8 Å². The molecule has 1 rings (SSSR count). The van der Waals surface area contributed by atoms with E-state index < -0.39 is 37.9 Å². The zero-order valence-electron chi connectivity index (χ0n) is 10.7. The molecule has 1 heterocycles. The zero-order valence-corrected chi connectivity index (χ0v) is 10.7. The lowest BCUT2D eigenvalue weighted by molar-refractivity contribution is -0.140. The number of aliphatic hydroxyl groups excluding tert-OH is 1. The molecule has 0 saturated heterocycles. The highest BCUT2D eigenvalue weighted by Crippen LogP contribution is 2.16. The van der Waals surface area contributed by atoms with E-state index in [-0.39, 0.29) is 18.1 Å². The number of carbonyl (C=O) groups excluding carboxylic acids is 1. The Balaban J connectivity index is 2.58. The van der Waals surface area contributed by atoms with Gasteiger partial charge in [-0.2, -0.15) is 13.2 Å². The van der Waals surface area contributed by atoms with Gasteiger partial charge in [0.15, 0.2) is 0 Å². The number of carboxylic acids is 1. The van der Waals surface area contributed by atoms with Crippen molar-refractivity contribution < 1.29 is 37.4 Å². The quantitative estimate of drug-likeness (QED) is 0.728. The van der Waals surface area contributed by atoms with Crippen molar-refractivity contribution in [1.82, 2.24) is 10.2 Å².